The second-order valence-electron chi connectivity index (χ2n) is 7.28. The smallest absolute Gasteiger partial charge is 0.226 e. The van der Waals surface area contributed by atoms with Crippen molar-refractivity contribution < 1.29 is 4.42 Å². The molecule has 0 unspecified atom stereocenters. The van der Waals surface area contributed by atoms with Crippen LogP contribution in [0.1, 0.15) is 31.0 Å². The minimum absolute atomic E-state index is 0.539. The number of aliphatic imine (C=N–C) groups is 1. The highest BCUT2D eigenvalue weighted by Crippen LogP contribution is 2.19. The molecule has 1 fully saturated rings. The van der Waals surface area contributed by atoms with Gasteiger partial charge in [0.05, 0.1) is 18.8 Å². The fourth-order valence-corrected chi connectivity index (χ4v) is 3.47. The quantitative estimate of drug-likeness (QED) is 0.463. The number of anilines is 1. The summed E-state index contributed by atoms with van der Waals surface area (Å²) in [6, 6.07) is 14.1. The van der Waals surface area contributed by atoms with Gasteiger partial charge in [0, 0.05) is 31.4 Å². The second-order valence-corrected chi connectivity index (χ2v) is 7.28. The van der Waals surface area contributed by atoms with Crippen molar-refractivity contribution in [1.82, 2.24) is 20.6 Å². The Kier molecular flexibility index (Phi) is 6.59. The first-order valence-electron chi connectivity index (χ1n) is 10.5. The summed E-state index contributed by atoms with van der Waals surface area (Å²) < 4.78 is 5.61. The molecular weight excluding hydrogens is 376 g/mol. The topological polar surface area (TPSA) is 78.6 Å². The van der Waals surface area contributed by atoms with Crippen LogP contribution < -0.4 is 15.5 Å². The van der Waals surface area contributed by atoms with Crippen molar-refractivity contribution in [2.24, 2.45) is 4.99 Å². The Morgan fingerprint density at radius 2 is 1.97 bits per heavy atom. The third-order valence-corrected chi connectivity index (χ3v) is 5.01. The maximum atomic E-state index is 5.61. The lowest BCUT2D eigenvalue weighted by Crippen LogP contribution is -2.36. The Bertz CT molecular complexity index is 963. The summed E-state index contributed by atoms with van der Waals surface area (Å²) in [7, 11) is 0. The number of guanidine groups is 1. The van der Waals surface area contributed by atoms with Gasteiger partial charge in [-0.3, -0.25) is 0 Å². The van der Waals surface area contributed by atoms with Gasteiger partial charge in [-0.1, -0.05) is 18.2 Å². The summed E-state index contributed by atoms with van der Waals surface area (Å²) in [4.78, 5) is 16.1. The first kappa shape index (κ1) is 19.9. The lowest BCUT2D eigenvalue weighted by atomic mass is 10.2. The minimum Gasteiger partial charge on any atom is -0.444 e. The van der Waals surface area contributed by atoms with Crippen LogP contribution in [0, 0.1) is 0 Å². The minimum atomic E-state index is 0.539. The number of oxazole rings is 1. The number of hydrogen-bond donors (Lipinski definition) is 2. The summed E-state index contributed by atoms with van der Waals surface area (Å²) in [5.41, 5.74) is 2.95. The normalized spacial score (nSPS) is 14.2. The average Bonchev–Trinajstić information content (AvgIpc) is 3.49. The van der Waals surface area contributed by atoms with E-state index in [1.807, 2.05) is 42.6 Å². The van der Waals surface area contributed by atoms with Crippen LogP contribution in [0.15, 0.2) is 64.3 Å². The standard InChI is InChI=1S/C23H28N6O/c1-2-24-23(26-15-18-10-11-25-21(14-18)29-12-6-7-13-29)27-16-20-17-30-22(28-20)19-8-4-3-5-9-19/h3-5,8-11,14,17H,2,6-7,12-13,15-16H2,1H3,(H2,24,26,27). The highest BCUT2D eigenvalue weighted by Gasteiger charge is 2.13. The monoisotopic (exact) mass is 404 g/mol. The summed E-state index contributed by atoms with van der Waals surface area (Å²) in [5.74, 6) is 2.43. The molecule has 0 aliphatic carbocycles. The summed E-state index contributed by atoms with van der Waals surface area (Å²) in [6.45, 7) is 6.15. The number of aromatic nitrogens is 2. The highest BCUT2D eigenvalue weighted by molar-refractivity contribution is 5.79. The molecule has 0 bridgehead atoms. The van der Waals surface area contributed by atoms with Crippen LogP contribution in [-0.2, 0) is 13.1 Å². The van der Waals surface area contributed by atoms with E-state index in [-0.39, 0.29) is 0 Å². The van der Waals surface area contributed by atoms with E-state index in [1.54, 1.807) is 6.26 Å². The SMILES string of the molecule is CCNC(=NCc1ccnc(N2CCCC2)c1)NCc1coc(-c2ccccc2)n1. The van der Waals surface area contributed by atoms with Gasteiger partial charge >= 0.3 is 0 Å². The number of nitrogens with zero attached hydrogens (tertiary/aromatic N) is 4. The lowest BCUT2D eigenvalue weighted by Gasteiger charge is -2.16. The Labute approximate surface area is 177 Å². The number of nitrogens with one attached hydrogen (secondary N) is 2. The van der Waals surface area contributed by atoms with Crippen molar-refractivity contribution in [3.8, 4) is 11.5 Å². The number of rotatable bonds is 7. The molecule has 1 saturated heterocycles. The van der Waals surface area contributed by atoms with Gasteiger partial charge in [0.2, 0.25) is 5.89 Å². The van der Waals surface area contributed by atoms with Crippen LogP contribution >= 0.6 is 0 Å². The molecule has 3 aromatic rings. The van der Waals surface area contributed by atoms with Gasteiger partial charge < -0.3 is 20.0 Å². The molecular formula is C23H28N6O. The molecule has 7 nitrogen and oxygen atoms in total. The number of benzene rings is 1. The fraction of sp³-hybridized carbons (Fsp3) is 0.348. The molecule has 3 heterocycles. The maximum Gasteiger partial charge on any atom is 0.226 e. The van der Waals surface area contributed by atoms with E-state index in [0.29, 0.717) is 19.0 Å². The molecule has 4 rings (SSSR count). The van der Waals surface area contributed by atoms with E-state index in [1.165, 1.54) is 12.8 Å². The van der Waals surface area contributed by atoms with Crippen molar-refractivity contribution in [3.63, 3.8) is 0 Å². The zero-order valence-corrected chi connectivity index (χ0v) is 17.3. The predicted octanol–water partition coefficient (Wildman–Crippen LogP) is 3.59. The van der Waals surface area contributed by atoms with Crippen LogP contribution in [0.5, 0.6) is 0 Å². The van der Waals surface area contributed by atoms with Crippen molar-refractivity contribution in [1.29, 1.82) is 0 Å². The molecule has 1 aliphatic rings. The fourth-order valence-electron chi connectivity index (χ4n) is 3.47. The molecule has 1 aliphatic heterocycles. The highest BCUT2D eigenvalue weighted by atomic mass is 16.3. The largest absolute Gasteiger partial charge is 0.444 e. The molecule has 0 amide bonds. The first-order chi connectivity index (χ1) is 14.8. The van der Waals surface area contributed by atoms with E-state index < -0.39 is 0 Å². The molecule has 7 heteroatoms. The summed E-state index contributed by atoms with van der Waals surface area (Å²) in [6.07, 6.45) is 6.04. The van der Waals surface area contributed by atoms with Crippen LogP contribution in [-0.4, -0.2) is 35.6 Å². The van der Waals surface area contributed by atoms with Crippen molar-refractivity contribution in [2.45, 2.75) is 32.9 Å². The lowest BCUT2D eigenvalue weighted by molar-refractivity contribution is 0.572. The molecule has 2 aromatic heterocycles. The zero-order chi connectivity index (χ0) is 20.6. The van der Waals surface area contributed by atoms with Gasteiger partial charge in [-0.05, 0) is 49.6 Å². The Morgan fingerprint density at radius 1 is 1.13 bits per heavy atom. The van der Waals surface area contributed by atoms with E-state index in [4.69, 9.17) is 9.41 Å². The summed E-state index contributed by atoms with van der Waals surface area (Å²) >= 11 is 0. The second kappa shape index (κ2) is 9.91. The first-order valence-corrected chi connectivity index (χ1v) is 10.5. The number of pyridine rings is 1. The third kappa shape index (κ3) is 5.17. The molecule has 2 N–H and O–H groups in total. The van der Waals surface area contributed by atoms with E-state index in [9.17, 15) is 0 Å². The van der Waals surface area contributed by atoms with E-state index >= 15 is 0 Å². The molecule has 0 radical (unpaired) electrons. The molecule has 1 aromatic carbocycles. The molecule has 156 valence electrons. The maximum absolute atomic E-state index is 5.61. The summed E-state index contributed by atoms with van der Waals surface area (Å²) in [5, 5.41) is 6.62. The number of hydrogen-bond acceptors (Lipinski definition) is 5. The third-order valence-electron chi connectivity index (χ3n) is 5.01. The van der Waals surface area contributed by atoms with Crippen LogP contribution in [0.4, 0.5) is 5.82 Å². The van der Waals surface area contributed by atoms with E-state index in [2.05, 4.69) is 38.5 Å². The molecule has 0 saturated carbocycles. The van der Waals surface area contributed by atoms with Crippen molar-refractivity contribution in [2.75, 3.05) is 24.5 Å². The molecule has 30 heavy (non-hydrogen) atoms. The van der Waals surface area contributed by atoms with Gasteiger partial charge in [-0.25, -0.2) is 15.0 Å². The average molecular weight is 405 g/mol. The predicted molar refractivity (Wildman–Crippen MR) is 119 cm³/mol. The Morgan fingerprint density at radius 3 is 2.77 bits per heavy atom. The van der Waals surface area contributed by atoms with Crippen LogP contribution in [0.2, 0.25) is 0 Å². The van der Waals surface area contributed by atoms with E-state index in [0.717, 1.165) is 48.2 Å². The van der Waals surface area contributed by atoms with Crippen LogP contribution in [0.3, 0.4) is 0 Å². The Balaban J connectivity index is 1.37. The van der Waals surface area contributed by atoms with Gasteiger partial charge in [0.15, 0.2) is 5.96 Å². The molecule has 0 spiro atoms. The van der Waals surface area contributed by atoms with Crippen molar-refractivity contribution in [3.05, 3.63) is 66.2 Å². The van der Waals surface area contributed by atoms with Gasteiger partial charge in [0.1, 0.15) is 12.1 Å². The van der Waals surface area contributed by atoms with Gasteiger partial charge in [0.25, 0.3) is 0 Å². The van der Waals surface area contributed by atoms with Gasteiger partial charge in [-0.2, -0.15) is 0 Å². The molecule has 0 atom stereocenters. The van der Waals surface area contributed by atoms with Crippen LogP contribution in [0.25, 0.3) is 11.5 Å². The van der Waals surface area contributed by atoms with Gasteiger partial charge in [-0.15, -0.1) is 0 Å². The Hall–Kier alpha value is -3.35. The zero-order valence-electron chi connectivity index (χ0n) is 17.3. The van der Waals surface area contributed by atoms with Crippen molar-refractivity contribution >= 4 is 11.8 Å².